The number of carbonyl (C=O) groups excluding carboxylic acids is 1. The van der Waals surface area contributed by atoms with Crippen molar-refractivity contribution >= 4 is 21.8 Å². The molecule has 0 aliphatic carbocycles. The molecule has 21 heavy (non-hydrogen) atoms. The molecule has 4 nitrogen and oxygen atoms in total. The molecule has 2 aromatic rings. The summed E-state index contributed by atoms with van der Waals surface area (Å²) >= 11 is 0. The minimum Gasteiger partial charge on any atom is -0.348 e. The summed E-state index contributed by atoms with van der Waals surface area (Å²) in [5.41, 5.74) is 1.82. The van der Waals surface area contributed by atoms with Crippen molar-refractivity contribution in [2.45, 2.75) is 11.4 Å². The van der Waals surface area contributed by atoms with E-state index < -0.39 is 9.84 Å². The van der Waals surface area contributed by atoms with Gasteiger partial charge in [-0.15, -0.1) is 0 Å². The lowest BCUT2D eigenvalue weighted by Crippen LogP contribution is -2.23. The van der Waals surface area contributed by atoms with E-state index in [1.807, 2.05) is 30.3 Å². The van der Waals surface area contributed by atoms with Crippen molar-refractivity contribution in [2.24, 2.45) is 0 Å². The van der Waals surface area contributed by atoms with Crippen LogP contribution in [-0.4, -0.2) is 14.3 Å². The molecule has 1 aliphatic rings. The Hall–Kier alpha value is -2.40. The molecule has 0 atom stereocenters. The Balaban J connectivity index is 1.84. The SMILES string of the molecule is O=C(NCc1ccccc1)c1cccc2c1C=CS2(=O)=O. The monoisotopic (exact) mass is 299 g/mol. The van der Waals surface area contributed by atoms with Crippen LogP contribution in [0, 0.1) is 0 Å². The van der Waals surface area contributed by atoms with E-state index >= 15 is 0 Å². The molecule has 0 fully saturated rings. The number of rotatable bonds is 3. The second kappa shape index (κ2) is 5.18. The predicted molar refractivity (Wildman–Crippen MR) is 80.3 cm³/mol. The summed E-state index contributed by atoms with van der Waals surface area (Å²) < 4.78 is 23.6. The van der Waals surface area contributed by atoms with Gasteiger partial charge in [-0.3, -0.25) is 4.79 Å². The van der Waals surface area contributed by atoms with Gasteiger partial charge in [-0.1, -0.05) is 36.4 Å². The van der Waals surface area contributed by atoms with Crippen molar-refractivity contribution in [3.8, 4) is 0 Å². The maximum absolute atomic E-state index is 12.2. The molecule has 0 radical (unpaired) electrons. The first kappa shape index (κ1) is 13.6. The zero-order valence-electron chi connectivity index (χ0n) is 11.1. The van der Waals surface area contributed by atoms with E-state index in [-0.39, 0.29) is 10.8 Å². The number of carbonyl (C=O) groups is 1. The Labute approximate surface area is 123 Å². The van der Waals surface area contributed by atoms with Gasteiger partial charge in [0.1, 0.15) is 0 Å². The molecule has 106 valence electrons. The van der Waals surface area contributed by atoms with E-state index in [1.165, 1.54) is 12.1 Å². The quantitative estimate of drug-likeness (QED) is 0.946. The lowest BCUT2D eigenvalue weighted by Gasteiger charge is -2.08. The van der Waals surface area contributed by atoms with Gasteiger partial charge in [0.05, 0.1) is 4.90 Å². The van der Waals surface area contributed by atoms with Gasteiger partial charge in [-0.25, -0.2) is 8.42 Å². The maximum Gasteiger partial charge on any atom is 0.252 e. The highest BCUT2D eigenvalue weighted by atomic mass is 32.2. The first-order valence-corrected chi connectivity index (χ1v) is 8.01. The Kier molecular flexibility index (Phi) is 3.35. The number of hydrogen-bond acceptors (Lipinski definition) is 3. The highest BCUT2D eigenvalue weighted by Crippen LogP contribution is 2.29. The number of sulfone groups is 1. The third-order valence-corrected chi connectivity index (χ3v) is 4.79. The van der Waals surface area contributed by atoms with Crippen LogP contribution in [0.3, 0.4) is 0 Å². The molecule has 0 spiro atoms. The van der Waals surface area contributed by atoms with Crippen LogP contribution in [0.15, 0.2) is 58.8 Å². The normalized spacial score (nSPS) is 14.7. The Morgan fingerprint density at radius 3 is 2.52 bits per heavy atom. The molecule has 1 heterocycles. The zero-order valence-corrected chi connectivity index (χ0v) is 11.9. The van der Waals surface area contributed by atoms with E-state index in [4.69, 9.17) is 0 Å². The molecule has 0 saturated carbocycles. The molecule has 3 rings (SSSR count). The van der Waals surface area contributed by atoms with E-state index in [0.29, 0.717) is 17.7 Å². The van der Waals surface area contributed by atoms with Crippen LogP contribution in [-0.2, 0) is 16.4 Å². The average Bonchev–Trinajstić information content (AvgIpc) is 2.82. The van der Waals surface area contributed by atoms with Crippen molar-refractivity contribution < 1.29 is 13.2 Å². The summed E-state index contributed by atoms with van der Waals surface area (Å²) in [6.07, 6.45) is 1.47. The van der Waals surface area contributed by atoms with Gasteiger partial charge in [-0.05, 0) is 23.8 Å². The molecule has 0 saturated heterocycles. The third kappa shape index (κ3) is 2.60. The van der Waals surface area contributed by atoms with Gasteiger partial charge in [-0.2, -0.15) is 0 Å². The van der Waals surface area contributed by atoms with Crippen molar-refractivity contribution in [1.29, 1.82) is 0 Å². The Bertz CT molecular complexity index is 824. The number of nitrogens with one attached hydrogen (secondary N) is 1. The van der Waals surface area contributed by atoms with Gasteiger partial charge in [0, 0.05) is 23.1 Å². The highest BCUT2D eigenvalue weighted by Gasteiger charge is 2.24. The first-order valence-electron chi connectivity index (χ1n) is 6.46. The molecule has 0 unspecified atom stereocenters. The summed E-state index contributed by atoms with van der Waals surface area (Å²) in [5, 5.41) is 3.94. The standard InChI is InChI=1S/C16H13NO3S/c18-16(17-11-12-5-2-1-3-6-12)14-7-4-8-15-13(14)9-10-21(15,19)20/h1-10H,11H2,(H,17,18). The summed E-state index contributed by atoms with van der Waals surface area (Å²) in [4.78, 5) is 12.4. The Morgan fingerprint density at radius 2 is 1.76 bits per heavy atom. The lowest BCUT2D eigenvalue weighted by atomic mass is 10.1. The van der Waals surface area contributed by atoms with Crippen LogP contribution in [0.1, 0.15) is 21.5 Å². The molecule has 5 heteroatoms. The van der Waals surface area contributed by atoms with Crippen LogP contribution in [0.2, 0.25) is 0 Å². The second-order valence-electron chi connectivity index (χ2n) is 4.73. The van der Waals surface area contributed by atoms with E-state index in [1.54, 1.807) is 12.1 Å². The van der Waals surface area contributed by atoms with Gasteiger partial charge in [0.15, 0.2) is 9.84 Å². The molecular formula is C16H13NO3S. The maximum atomic E-state index is 12.2. The van der Waals surface area contributed by atoms with Gasteiger partial charge in [0.2, 0.25) is 0 Å². The van der Waals surface area contributed by atoms with E-state index in [0.717, 1.165) is 11.0 Å². The van der Waals surface area contributed by atoms with Crippen LogP contribution < -0.4 is 5.32 Å². The van der Waals surface area contributed by atoms with Gasteiger partial charge in [0.25, 0.3) is 5.91 Å². The summed E-state index contributed by atoms with van der Waals surface area (Å²) in [7, 11) is -3.39. The number of amides is 1. The van der Waals surface area contributed by atoms with Gasteiger partial charge >= 0.3 is 0 Å². The van der Waals surface area contributed by atoms with Gasteiger partial charge < -0.3 is 5.32 Å². The topological polar surface area (TPSA) is 63.2 Å². The molecular weight excluding hydrogens is 286 g/mol. The molecule has 1 amide bonds. The van der Waals surface area contributed by atoms with Crippen LogP contribution >= 0.6 is 0 Å². The fourth-order valence-electron chi connectivity index (χ4n) is 2.27. The predicted octanol–water partition coefficient (Wildman–Crippen LogP) is 2.37. The van der Waals surface area contributed by atoms with E-state index in [9.17, 15) is 13.2 Å². The van der Waals surface area contributed by atoms with Crippen LogP contribution in [0.4, 0.5) is 0 Å². The second-order valence-corrected chi connectivity index (χ2v) is 6.54. The molecule has 2 aromatic carbocycles. The molecule has 0 aromatic heterocycles. The van der Waals surface area contributed by atoms with Crippen molar-refractivity contribution in [1.82, 2.24) is 5.32 Å². The summed E-state index contributed by atoms with van der Waals surface area (Å²) in [6.45, 7) is 0.403. The molecule has 1 N–H and O–H groups in total. The lowest BCUT2D eigenvalue weighted by molar-refractivity contribution is 0.0950. The van der Waals surface area contributed by atoms with Crippen molar-refractivity contribution in [3.05, 3.63) is 70.6 Å². The van der Waals surface area contributed by atoms with Crippen LogP contribution in [0.25, 0.3) is 6.08 Å². The largest absolute Gasteiger partial charge is 0.348 e. The fourth-order valence-corrected chi connectivity index (χ4v) is 3.48. The summed E-state index contributed by atoms with van der Waals surface area (Å²) in [5.74, 6) is -0.280. The zero-order chi connectivity index (χ0) is 14.9. The first-order chi connectivity index (χ1) is 10.1. The highest BCUT2D eigenvalue weighted by molar-refractivity contribution is 7.94. The summed E-state index contributed by atoms with van der Waals surface area (Å²) in [6, 6.07) is 14.3. The van der Waals surface area contributed by atoms with Crippen LogP contribution in [0.5, 0.6) is 0 Å². The minimum absolute atomic E-state index is 0.190. The number of hydrogen-bond donors (Lipinski definition) is 1. The minimum atomic E-state index is -3.39. The molecule has 0 bridgehead atoms. The molecule has 1 aliphatic heterocycles. The number of benzene rings is 2. The number of fused-ring (bicyclic) bond motifs is 1. The third-order valence-electron chi connectivity index (χ3n) is 3.33. The van der Waals surface area contributed by atoms with Crippen molar-refractivity contribution in [3.63, 3.8) is 0 Å². The Morgan fingerprint density at radius 1 is 1.00 bits per heavy atom. The van der Waals surface area contributed by atoms with Crippen molar-refractivity contribution in [2.75, 3.05) is 0 Å². The smallest absolute Gasteiger partial charge is 0.252 e. The average molecular weight is 299 g/mol. The fraction of sp³-hybridized carbons (Fsp3) is 0.0625. The van der Waals surface area contributed by atoms with E-state index in [2.05, 4.69) is 5.32 Å².